The van der Waals surface area contributed by atoms with Crippen LogP contribution in [0.1, 0.15) is 5.56 Å². The van der Waals surface area contributed by atoms with Gasteiger partial charge in [0.25, 0.3) is 0 Å². The van der Waals surface area contributed by atoms with Gasteiger partial charge in [-0.25, -0.2) is 4.79 Å². The van der Waals surface area contributed by atoms with E-state index in [2.05, 4.69) is 10.6 Å². The Balaban J connectivity index is 1.61. The van der Waals surface area contributed by atoms with Crippen LogP contribution in [0.5, 0.6) is 0 Å². The van der Waals surface area contributed by atoms with Crippen molar-refractivity contribution in [1.29, 1.82) is 0 Å². The molecule has 0 saturated heterocycles. The number of hydrogen-bond donors (Lipinski definition) is 2. The van der Waals surface area contributed by atoms with Gasteiger partial charge in [-0.05, 0) is 35.9 Å². The number of urea groups is 1. The third-order valence-corrected chi connectivity index (χ3v) is 3.30. The molecule has 0 bridgehead atoms. The summed E-state index contributed by atoms with van der Waals surface area (Å²) in [5.74, 6) is 0. The molecule has 0 unspecified atom stereocenters. The van der Waals surface area contributed by atoms with Crippen molar-refractivity contribution in [1.82, 2.24) is 9.88 Å². The van der Waals surface area contributed by atoms with Crippen LogP contribution in [0, 0.1) is 0 Å². The number of nitrogens with one attached hydrogen (secondary N) is 2. The second kappa shape index (κ2) is 6.63. The fourth-order valence-corrected chi connectivity index (χ4v) is 2.20. The maximum Gasteiger partial charge on any atom is 0.319 e. The van der Waals surface area contributed by atoms with Crippen LogP contribution in [-0.2, 0) is 6.54 Å². The van der Waals surface area contributed by atoms with Gasteiger partial charge in [-0.2, -0.15) is 0 Å². The quantitative estimate of drug-likeness (QED) is 0.754. The second-order valence-electron chi connectivity index (χ2n) is 4.93. The van der Waals surface area contributed by atoms with E-state index in [1.54, 1.807) is 0 Å². The van der Waals surface area contributed by atoms with Crippen LogP contribution in [0.2, 0.25) is 0 Å². The molecule has 2 aromatic carbocycles. The third-order valence-electron chi connectivity index (χ3n) is 3.30. The molecule has 2 amide bonds. The highest BCUT2D eigenvalue weighted by Gasteiger charge is 2.03. The molecule has 4 heteroatoms. The molecular formula is C18H17N3O. The largest absolute Gasteiger partial charge is 0.334 e. The van der Waals surface area contributed by atoms with Gasteiger partial charge in [-0.1, -0.05) is 36.4 Å². The molecule has 0 aliphatic carbocycles. The van der Waals surface area contributed by atoms with Gasteiger partial charge >= 0.3 is 6.03 Å². The Bertz CT molecular complexity index is 736. The first-order valence-electron chi connectivity index (χ1n) is 7.13. The Morgan fingerprint density at radius 1 is 0.909 bits per heavy atom. The zero-order chi connectivity index (χ0) is 15.2. The highest BCUT2D eigenvalue weighted by Crippen LogP contribution is 2.14. The first kappa shape index (κ1) is 13.9. The van der Waals surface area contributed by atoms with Crippen LogP contribution in [0.4, 0.5) is 10.5 Å². The molecular weight excluding hydrogens is 274 g/mol. The van der Waals surface area contributed by atoms with Crippen molar-refractivity contribution < 1.29 is 4.79 Å². The molecule has 0 spiro atoms. The summed E-state index contributed by atoms with van der Waals surface area (Å²) in [6, 6.07) is 21.3. The molecule has 2 N–H and O–H groups in total. The summed E-state index contributed by atoms with van der Waals surface area (Å²) in [6.45, 7) is 0.504. The van der Waals surface area contributed by atoms with E-state index >= 15 is 0 Å². The van der Waals surface area contributed by atoms with Crippen LogP contribution in [0.25, 0.3) is 5.69 Å². The SMILES string of the molecule is O=C(NCc1ccccc1)Nc1cccc(-n2cccc2)c1. The van der Waals surface area contributed by atoms with E-state index in [0.29, 0.717) is 6.54 Å². The van der Waals surface area contributed by atoms with Gasteiger partial charge in [0.05, 0.1) is 0 Å². The Morgan fingerprint density at radius 3 is 2.45 bits per heavy atom. The van der Waals surface area contributed by atoms with Crippen LogP contribution >= 0.6 is 0 Å². The Labute approximate surface area is 129 Å². The summed E-state index contributed by atoms with van der Waals surface area (Å²) >= 11 is 0. The minimum atomic E-state index is -0.214. The van der Waals surface area contributed by atoms with Gasteiger partial charge in [0.15, 0.2) is 0 Å². The minimum Gasteiger partial charge on any atom is -0.334 e. The molecule has 4 nitrogen and oxygen atoms in total. The van der Waals surface area contributed by atoms with E-state index < -0.39 is 0 Å². The lowest BCUT2D eigenvalue weighted by molar-refractivity contribution is 0.251. The van der Waals surface area contributed by atoms with E-state index in [1.807, 2.05) is 83.7 Å². The van der Waals surface area contributed by atoms with Crippen molar-refractivity contribution in [2.75, 3.05) is 5.32 Å². The molecule has 22 heavy (non-hydrogen) atoms. The molecule has 3 aromatic rings. The highest BCUT2D eigenvalue weighted by atomic mass is 16.2. The number of nitrogens with zero attached hydrogens (tertiary/aromatic N) is 1. The molecule has 0 aliphatic rings. The summed E-state index contributed by atoms with van der Waals surface area (Å²) in [5.41, 5.74) is 2.83. The molecule has 1 heterocycles. The Kier molecular flexibility index (Phi) is 4.20. The molecule has 0 fully saturated rings. The van der Waals surface area contributed by atoms with Gasteiger partial charge in [0.1, 0.15) is 0 Å². The zero-order valence-electron chi connectivity index (χ0n) is 12.1. The van der Waals surface area contributed by atoms with Gasteiger partial charge in [0, 0.05) is 30.3 Å². The van der Waals surface area contributed by atoms with Crippen molar-refractivity contribution in [3.05, 3.63) is 84.7 Å². The first-order chi connectivity index (χ1) is 10.8. The van der Waals surface area contributed by atoms with Crippen molar-refractivity contribution >= 4 is 11.7 Å². The molecule has 0 saturated carbocycles. The van der Waals surface area contributed by atoms with Gasteiger partial charge in [0.2, 0.25) is 0 Å². The number of rotatable bonds is 4. The number of aromatic nitrogens is 1. The highest BCUT2D eigenvalue weighted by molar-refractivity contribution is 5.89. The average molecular weight is 291 g/mol. The normalized spacial score (nSPS) is 10.2. The summed E-state index contributed by atoms with van der Waals surface area (Å²) in [7, 11) is 0. The van der Waals surface area contributed by atoms with Crippen molar-refractivity contribution in [2.45, 2.75) is 6.54 Å². The Hall–Kier alpha value is -3.01. The monoisotopic (exact) mass is 291 g/mol. The predicted molar refractivity (Wildman–Crippen MR) is 88.1 cm³/mol. The van der Waals surface area contributed by atoms with E-state index in [0.717, 1.165) is 16.9 Å². The second-order valence-corrected chi connectivity index (χ2v) is 4.93. The molecule has 1 aromatic heterocycles. The van der Waals surface area contributed by atoms with Crippen molar-refractivity contribution in [3.8, 4) is 5.69 Å². The summed E-state index contributed by atoms with van der Waals surface area (Å²) in [6.07, 6.45) is 3.93. The number of carbonyl (C=O) groups is 1. The van der Waals surface area contributed by atoms with Crippen molar-refractivity contribution in [3.63, 3.8) is 0 Å². The van der Waals surface area contributed by atoms with Gasteiger partial charge < -0.3 is 15.2 Å². The zero-order valence-corrected chi connectivity index (χ0v) is 12.1. The minimum absolute atomic E-state index is 0.214. The van der Waals surface area contributed by atoms with Crippen molar-refractivity contribution in [2.24, 2.45) is 0 Å². The number of anilines is 1. The number of hydrogen-bond acceptors (Lipinski definition) is 1. The van der Waals surface area contributed by atoms with E-state index in [9.17, 15) is 4.79 Å². The molecule has 0 radical (unpaired) electrons. The molecule has 110 valence electrons. The number of carbonyl (C=O) groups excluding carboxylic acids is 1. The standard InChI is InChI=1S/C18H17N3O/c22-18(19-14-15-7-2-1-3-8-15)20-16-9-6-10-17(13-16)21-11-4-5-12-21/h1-13H,14H2,(H2,19,20,22). The maximum absolute atomic E-state index is 12.0. The Morgan fingerprint density at radius 2 is 1.68 bits per heavy atom. The average Bonchev–Trinajstić information content (AvgIpc) is 3.09. The summed E-state index contributed by atoms with van der Waals surface area (Å²) in [5, 5.41) is 5.70. The predicted octanol–water partition coefficient (Wildman–Crippen LogP) is 3.80. The van der Waals surface area contributed by atoms with Crippen LogP contribution in [-0.4, -0.2) is 10.6 Å². The summed E-state index contributed by atoms with van der Waals surface area (Å²) < 4.78 is 1.99. The van der Waals surface area contributed by atoms with Crippen LogP contribution < -0.4 is 10.6 Å². The lowest BCUT2D eigenvalue weighted by atomic mass is 10.2. The topological polar surface area (TPSA) is 46.1 Å². The molecule has 0 atom stereocenters. The van der Waals surface area contributed by atoms with Crippen LogP contribution in [0.3, 0.4) is 0 Å². The fourth-order valence-electron chi connectivity index (χ4n) is 2.20. The summed E-state index contributed by atoms with van der Waals surface area (Å²) in [4.78, 5) is 12.0. The number of amides is 2. The number of benzene rings is 2. The van der Waals surface area contributed by atoms with E-state index in [-0.39, 0.29) is 6.03 Å². The lowest BCUT2D eigenvalue weighted by Crippen LogP contribution is -2.28. The van der Waals surface area contributed by atoms with Gasteiger partial charge in [-0.15, -0.1) is 0 Å². The molecule has 3 rings (SSSR count). The third kappa shape index (κ3) is 3.55. The van der Waals surface area contributed by atoms with Gasteiger partial charge in [-0.3, -0.25) is 0 Å². The fraction of sp³-hybridized carbons (Fsp3) is 0.0556. The first-order valence-corrected chi connectivity index (χ1v) is 7.13. The van der Waals surface area contributed by atoms with E-state index in [4.69, 9.17) is 0 Å². The van der Waals surface area contributed by atoms with E-state index in [1.165, 1.54) is 0 Å². The molecule has 0 aliphatic heterocycles. The smallest absolute Gasteiger partial charge is 0.319 e. The van der Waals surface area contributed by atoms with Crippen LogP contribution in [0.15, 0.2) is 79.1 Å². The lowest BCUT2D eigenvalue weighted by Gasteiger charge is -2.09. The maximum atomic E-state index is 12.0.